The van der Waals surface area contributed by atoms with E-state index in [0.29, 0.717) is 29.0 Å². The topological polar surface area (TPSA) is 96.0 Å². The molecule has 1 atom stereocenters. The molecule has 2 fully saturated rings. The number of nitrogens with zero attached hydrogens (tertiary/aromatic N) is 4. The van der Waals surface area contributed by atoms with Gasteiger partial charge in [0.1, 0.15) is 11.3 Å². The molecule has 0 radical (unpaired) electrons. The Morgan fingerprint density at radius 3 is 2.72 bits per heavy atom. The third-order valence-electron chi connectivity index (χ3n) is 8.43. The van der Waals surface area contributed by atoms with Gasteiger partial charge < -0.3 is 15.0 Å². The maximum Gasteiger partial charge on any atom is 0.389 e. The first-order chi connectivity index (χ1) is 17.3. The van der Waals surface area contributed by atoms with E-state index in [1.807, 2.05) is 12.1 Å². The number of carbonyl (C=O) groups excluding carboxylic acids is 1. The smallest absolute Gasteiger partial charge is 0.389 e. The molecule has 2 aromatic rings. The van der Waals surface area contributed by atoms with E-state index in [1.165, 1.54) is 19.3 Å². The molecule has 1 saturated heterocycles. The maximum absolute atomic E-state index is 13.6. The van der Waals surface area contributed by atoms with Crippen LogP contribution in [0.1, 0.15) is 68.3 Å². The van der Waals surface area contributed by atoms with E-state index in [9.17, 15) is 18.0 Å². The average Bonchev–Trinajstić information content (AvgIpc) is 3.55. The van der Waals surface area contributed by atoms with Crippen molar-refractivity contribution in [2.75, 3.05) is 19.7 Å². The predicted molar refractivity (Wildman–Crippen MR) is 124 cm³/mol. The van der Waals surface area contributed by atoms with Crippen molar-refractivity contribution in [2.24, 2.45) is 5.41 Å². The minimum Gasteiger partial charge on any atom is -0.494 e. The molecule has 2 N–H and O–H groups in total. The second-order valence-corrected chi connectivity index (χ2v) is 10.7. The van der Waals surface area contributed by atoms with Crippen molar-refractivity contribution >= 4 is 11.5 Å². The summed E-state index contributed by atoms with van der Waals surface area (Å²) in [4.78, 5) is 15.9. The summed E-state index contributed by atoms with van der Waals surface area (Å²) in [5.41, 5.74) is 3.39. The van der Waals surface area contributed by atoms with Crippen LogP contribution >= 0.6 is 0 Å². The molecule has 3 heterocycles. The van der Waals surface area contributed by atoms with Gasteiger partial charge in [-0.15, -0.1) is 10.2 Å². The van der Waals surface area contributed by atoms with Crippen LogP contribution in [-0.2, 0) is 16.8 Å². The van der Waals surface area contributed by atoms with Crippen LogP contribution in [0.25, 0.3) is 5.57 Å². The van der Waals surface area contributed by atoms with Gasteiger partial charge in [0.2, 0.25) is 5.82 Å². The minimum atomic E-state index is -4.17. The van der Waals surface area contributed by atoms with Gasteiger partial charge in [-0.2, -0.15) is 18.4 Å². The Hall–Kier alpha value is -3.11. The van der Waals surface area contributed by atoms with Gasteiger partial charge in [0, 0.05) is 31.6 Å². The van der Waals surface area contributed by atoms with E-state index in [0.717, 1.165) is 49.2 Å². The molecule has 36 heavy (non-hydrogen) atoms. The van der Waals surface area contributed by atoms with Gasteiger partial charge in [-0.1, -0.05) is 12.5 Å². The Morgan fingerprint density at radius 1 is 1.17 bits per heavy atom. The first kappa shape index (κ1) is 23.3. The van der Waals surface area contributed by atoms with Crippen molar-refractivity contribution in [2.45, 2.75) is 69.5 Å². The molecule has 2 spiro atoms. The van der Waals surface area contributed by atoms with Gasteiger partial charge in [-0.25, -0.2) is 0 Å². The number of ether oxygens (including phenoxy) is 1. The van der Waals surface area contributed by atoms with Crippen molar-refractivity contribution in [1.82, 2.24) is 30.8 Å². The lowest BCUT2D eigenvalue weighted by molar-refractivity contribution is -0.136. The van der Waals surface area contributed by atoms with Gasteiger partial charge >= 0.3 is 6.18 Å². The van der Waals surface area contributed by atoms with Crippen LogP contribution in [0.2, 0.25) is 0 Å². The van der Waals surface area contributed by atoms with Crippen LogP contribution in [0.5, 0.6) is 5.75 Å². The molecule has 0 unspecified atom stereocenters. The highest BCUT2D eigenvalue weighted by molar-refractivity contribution is 6.20. The first-order valence-corrected chi connectivity index (χ1v) is 12.6. The highest BCUT2D eigenvalue weighted by Gasteiger charge is 2.50. The number of aromatic amines is 1. The monoisotopic (exact) mass is 502 g/mol. The number of halogens is 3. The average molecular weight is 503 g/mol. The Labute approximate surface area is 206 Å². The number of aromatic nitrogens is 4. The van der Waals surface area contributed by atoms with E-state index in [2.05, 4.69) is 30.8 Å². The summed E-state index contributed by atoms with van der Waals surface area (Å²) in [5.74, 6) is 0.671. The zero-order valence-corrected chi connectivity index (χ0v) is 20.0. The lowest BCUT2D eigenvalue weighted by Crippen LogP contribution is -2.50. The minimum absolute atomic E-state index is 0.0117. The number of benzene rings is 1. The van der Waals surface area contributed by atoms with Crippen molar-refractivity contribution in [3.63, 3.8) is 0 Å². The number of alkyl halides is 3. The summed E-state index contributed by atoms with van der Waals surface area (Å²) in [6.45, 7) is 1.88. The van der Waals surface area contributed by atoms with Crippen molar-refractivity contribution < 1.29 is 22.7 Å². The Balaban J connectivity index is 1.26. The number of likely N-dealkylation sites (tertiary alicyclic amines) is 1. The summed E-state index contributed by atoms with van der Waals surface area (Å²) < 4.78 is 42.8. The number of H-pyrrole nitrogens is 1. The van der Waals surface area contributed by atoms with Crippen molar-refractivity contribution in [3.8, 4) is 5.75 Å². The van der Waals surface area contributed by atoms with E-state index in [4.69, 9.17) is 4.74 Å². The van der Waals surface area contributed by atoms with Crippen LogP contribution in [0.3, 0.4) is 0 Å². The van der Waals surface area contributed by atoms with E-state index < -0.39 is 18.1 Å². The van der Waals surface area contributed by atoms with Gasteiger partial charge in [-0.3, -0.25) is 4.79 Å². The van der Waals surface area contributed by atoms with E-state index in [1.54, 1.807) is 6.07 Å². The highest BCUT2D eigenvalue weighted by atomic mass is 19.4. The molecule has 1 saturated carbocycles. The van der Waals surface area contributed by atoms with Crippen molar-refractivity contribution in [1.29, 1.82) is 0 Å². The third-order valence-corrected chi connectivity index (χ3v) is 8.43. The quantitative estimate of drug-likeness (QED) is 0.583. The van der Waals surface area contributed by atoms with E-state index >= 15 is 0 Å². The Bertz CT molecular complexity index is 1190. The lowest BCUT2D eigenvalue weighted by atomic mass is 9.68. The number of fused-ring (bicyclic) bond motifs is 2. The number of rotatable bonds is 6. The summed E-state index contributed by atoms with van der Waals surface area (Å²) >= 11 is 0. The normalized spacial score (nSPS) is 24.9. The summed E-state index contributed by atoms with van der Waals surface area (Å²) in [6, 6.07) is 5.65. The van der Waals surface area contributed by atoms with Gasteiger partial charge in [-0.05, 0) is 72.4 Å². The standard InChI is InChI=1S/C25H29F3N6O2/c26-25(27,28)8-2-12-36-17-3-4-18-16(13-17)5-9-24(18)14-19(34-11-10-23(15-34)6-1-7-23)20(22(35)29-24)21-30-32-33-31-21/h3-4,13H,1-2,5-12,14-15H2,(H,29,35)(H,30,31,32,33)/t24-/m0/s1. The number of amides is 1. The van der Waals surface area contributed by atoms with Crippen LogP contribution in [-0.4, -0.2) is 57.3 Å². The summed E-state index contributed by atoms with van der Waals surface area (Å²) in [6.07, 6.45) is 1.90. The molecular weight excluding hydrogens is 473 g/mol. The summed E-state index contributed by atoms with van der Waals surface area (Å²) in [7, 11) is 0. The maximum atomic E-state index is 13.6. The zero-order valence-electron chi connectivity index (χ0n) is 20.0. The van der Waals surface area contributed by atoms with Gasteiger partial charge in [0.05, 0.1) is 12.1 Å². The molecular formula is C25H29F3N6O2. The fourth-order valence-electron chi connectivity index (χ4n) is 6.44. The highest BCUT2D eigenvalue weighted by Crippen LogP contribution is 2.52. The molecule has 1 amide bonds. The zero-order chi connectivity index (χ0) is 25.0. The molecule has 2 aliphatic carbocycles. The summed E-state index contributed by atoms with van der Waals surface area (Å²) in [5, 5.41) is 17.7. The third kappa shape index (κ3) is 4.12. The van der Waals surface area contributed by atoms with Gasteiger partial charge in [0.15, 0.2) is 0 Å². The number of carbonyl (C=O) groups is 1. The Kier molecular flexibility index (Phi) is 5.49. The Morgan fingerprint density at radius 2 is 2.03 bits per heavy atom. The number of nitrogens with one attached hydrogen (secondary N) is 2. The molecule has 1 aromatic heterocycles. The predicted octanol–water partition coefficient (Wildman–Crippen LogP) is 3.87. The number of aryl methyl sites for hydroxylation is 1. The van der Waals surface area contributed by atoms with E-state index in [-0.39, 0.29) is 18.9 Å². The van der Waals surface area contributed by atoms with Crippen molar-refractivity contribution in [3.05, 3.63) is 40.8 Å². The second-order valence-electron chi connectivity index (χ2n) is 10.7. The fraction of sp³-hybridized carbons (Fsp3) is 0.600. The lowest BCUT2D eigenvalue weighted by Gasteiger charge is -2.42. The van der Waals surface area contributed by atoms with Gasteiger partial charge in [0.25, 0.3) is 5.91 Å². The molecule has 4 aliphatic rings. The number of hydrogen-bond acceptors (Lipinski definition) is 6. The SMILES string of the molecule is O=C1N[C@@]2(CCc3cc(OCCCC(F)(F)F)ccc32)CC(N2CCC3(CCC3)C2)=C1c1nn[nH]n1. The number of hydrogen-bond donors (Lipinski definition) is 2. The molecule has 0 bridgehead atoms. The van der Waals surface area contributed by atoms with Crippen LogP contribution in [0.4, 0.5) is 13.2 Å². The number of tetrazole rings is 1. The van der Waals surface area contributed by atoms with Crippen LogP contribution in [0.15, 0.2) is 23.9 Å². The molecule has 2 aliphatic heterocycles. The van der Waals surface area contributed by atoms with Crippen LogP contribution in [0, 0.1) is 5.41 Å². The largest absolute Gasteiger partial charge is 0.494 e. The fourth-order valence-corrected chi connectivity index (χ4v) is 6.44. The molecule has 1 aromatic carbocycles. The molecule has 11 heteroatoms. The van der Waals surface area contributed by atoms with Crippen LogP contribution < -0.4 is 10.1 Å². The second kappa shape index (κ2) is 8.48. The molecule has 192 valence electrons. The molecule has 6 rings (SSSR count). The first-order valence-electron chi connectivity index (χ1n) is 12.6. The molecule has 8 nitrogen and oxygen atoms in total.